The average molecular weight is 472 g/mol. The smallest absolute Gasteiger partial charge is 0.161 e. The Morgan fingerprint density at radius 1 is 0.800 bits per heavy atom. The maximum Gasteiger partial charge on any atom is 0.161 e. The number of fused-ring (bicyclic) bond motifs is 1. The molecule has 1 heterocycles. The first kappa shape index (κ1) is 23.5. The van der Waals surface area contributed by atoms with E-state index < -0.39 is 0 Å². The molecular weight excluding hydrogens is 438 g/mol. The standard InChI is InChI=1S/C30H33NO4/c1-29(2)14-22-27(24(32)16-29)26(28-23(31-22)15-30(3,4)17-25(28)33)18-7-6-8-21(13-18)35-20-11-9-19(34-5)10-12-20/h6-13,26-27H,14-17H2,1-5H3. The quantitative estimate of drug-likeness (QED) is 0.499. The summed E-state index contributed by atoms with van der Waals surface area (Å²) in [6, 6.07) is 15.2. The number of benzene rings is 2. The van der Waals surface area contributed by atoms with Crippen molar-refractivity contribution in [3.8, 4) is 17.2 Å². The Bertz CT molecular complexity index is 1250. The second-order valence-electron chi connectivity index (χ2n) is 11.7. The monoisotopic (exact) mass is 471 g/mol. The number of rotatable bonds is 4. The van der Waals surface area contributed by atoms with Crippen LogP contribution in [0.5, 0.6) is 17.2 Å². The highest BCUT2D eigenvalue weighted by Gasteiger charge is 2.49. The van der Waals surface area contributed by atoms with Gasteiger partial charge in [0.15, 0.2) is 5.78 Å². The average Bonchev–Trinajstić information content (AvgIpc) is 2.76. The third kappa shape index (κ3) is 4.56. The molecule has 0 spiro atoms. The molecule has 2 unspecified atom stereocenters. The first-order valence-corrected chi connectivity index (χ1v) is 12.3. The van der Waals surface area contributed by atoms with Crippen LogP contribution < -0.4 is 9.47 Å². The lowest BCUT2D eigenvalue weighted by Crippen LogP contribution is -2.45. The van der Waals surface area contributed by atoms with Crippen molar-refractivity contribution in [2.24, 2.45) is 21.7 Å². The zero-order chi connectivity index (χ0) is 25.0. The lowest BCUT2D eigenvalue weighted by Gasteiger charge is -2.44. The third-order valence-corrected chi connectivity index (χ3v) is 7.35. The van der Waals surface area contributed by atoms with Crippen LogP contribution in [-0.4, -0.2) is 24.4 Å². The fourth-order valence-corrected chi connectivity index (χ4v) is 5.92. The molecule has 35 heavy (non-hydrogen) atoms. The Labute approximate surface area is 207 Å². The molecule has 0 radical (unpaired) electrons. The van der Waals surface area contributed by atoms with Crippen LogP contribution in [0.15, 0.2) is 64.8 Å². The Morgan fingerprint density at radius 2 is 1.49 bits per heavy atom. The lowest BCUT2D eigenvalue weighted by molar-refractivity contribution is -0.124. The summed E-state index contributed by atoms with van der Waals surface area (Å²) in [6.45, 7) is 8.49. The normalized spacial score (nSPS) is 24.9. The highest BCUT2D eigenvalue weighted by Crippen LogP contribution is 2.51. The second-order valence-corrected chi connectivity index (χ2v) is 11.7. The summed E-state index contributed by atoms with van der Waals surface area (Å²) in [5, 5.41) is 0. The number of ketones is 2. The van der Waals surface area contributed by atoms with Crippen LogP contribution >= 0.6 is 0 Å². The van der Waals surface area contributed by atoms with E-state index in [1.807, 2.05) is 48.5 Å². The van der Waals surface area contributed by atoms with Crippen LogP contribution in [-0.2, 0) is 9.59 Å². The summed E-state index contributed by atoms with van der Waals surface area (Å²) >= 11 is 0. The van der Waals surface area contributed by atoms with Crippen LogP contribution in [0, 0.1) is 16.7 Å². The molecule has 2 aromatic carbocycles. The molecule has 2 atom stereocenters. The summed E-state index contributed by atoms with van der Waals surface area (Å²) in [5.74, 6) is 1.72. The highest BCUT2D eigenvalue weighted by atomic mass is 16.5. The van der Waals surface area contributed by atoms with Crippen LogP contribution in [0.3, 0.4) is 0 Å². The van der Waals surface area contributed by atoms with E-state index in [1.54, 1.807) is 7.11 Å². The van der Waals surface area contributed by atoms with Crippen LogP contribution in [0.4, 0.5) is 0 Å². The zero-order valence-electron chi connectivity index (χ0n) is 21.2. The topological polar surface area (TPSA) is 65.0 Å². The van der Waals surface area contributed by atoms with Crippen LogP contribution in [0.1, 0.15) is 64.9 Å². The fraction of sp³-hybridized carbons (Fsp3) is 0.433. The molecule has 5 nitrogen and oxygen atoms in total. The molecule has 2 aromatic rings. The molecule has 1 aliphatic heterocycles. The molecule has 0 saturated heterocycles. The number of allylic oxidation sites excluding steroid dienone is 2. The SMILES string of the molecule is COc1ccc(Oc2cccc(C3C4=C(CC(C)(C)CC4=O)N=C4CC(C)(C)CC(=O)C43)c2)cc1. The maximum atomic E-state index is 13.5. The van der Waals surface area contributed by atoms with Gasteiger partial charge >= 0.3 is 0 Å². The van der Waals surface area contributed by atoms with E-state index in [1.165, 1.54) is 0 Å². The molecule has 0 bridgehead atoms. The molecule has 0 aromatic heterocycles. The number of ether oxygens (including phenoxy) is 2. The Hall–Kier alpha value is -3.21. The van der Waals surface area contributed by atoms with Gasteiger partial charge in [-0.05, 0) is 65.6 Å². The summed E-state index contributed by atoms with van der Waals surface area (Å²) in [7, 11) is 1.63. The van der Waals surface area contributed by atoms with E-state index >= 15 is 0 Å². The summed E-state index contributed by atoms with van der Waals surface area (Å²) in [6.07, 6.45) is 2.49. The molecular formula is C30H33NO4. The van der Waals surface area contributed by atoms with Gasteiger partial charge in [-0.15, -0.1) is 0 Å². The zero-order valence-corrected chi connectivity index (χ0v) is 21.2. The van der Waals surface area contributed by atoms with Crippen molar-refractivity contribution in [3.63, 3.8) is 0 Å². The number of aliphatic imine (C=N–C) groups is 1. The van der Waals surface area contributed by atoms with Crippen LogP contribution in [0.25, 0.3) is 0 Å². The van der Waals surface area contributed by atoms with Gasteiger partial charge in [-0.2, -0.15) is 0 Å². The van der Waals surface area contributed by atoms with Gasteiger partial charge in [0, 0.05) is 35.7 Å². The van der Waals surface area contributed by atoms with E-state index in [-0.39, 0.29) is 34.2 Å². The van der Waals surface area contributed by atoms with Gasteiger partial charge < -0.3 is 9.47 Å². The molecule has 3 aliphatic rings. The summed E-state index contributed by atoms with van der Waals surface area (Å²) in [5.41, 5.74) is 3.21. The van der Waals surface area contributed by atoms with Gasteiger partial charge in [0.1, 0.15) is 23.0 Å². The Balaban J connectivity index is 1.57. The predicted molar refractivity (Wildman–Crippen MR) is 136 cm³/mol. The number of methoxy groups -OCH3 is 1. The van der Waals surface area contributed by atoms with E-state index in [4.69, 9.17) is 14.5 Å². The van der Waals surface area contributed by atoms with Crippen molar-refractivity contribution in [1.29, 1.82) is 0 Å². The third-order valence-electron chi connectivity index (χ3n) is 7.35. The first-order chi connectivity index (χ1) is 16.5. The largest absolute Gasteiger partial charge is 0.497 e. The van der Waals surface area contributed by atoms with Crippen molar-refractivity contribution < 1.29 is 19.1 Å². The minimum absolute atomic E-state index is 0.114. The fourth-order valence-electron chi connectivity index (χ4n) is 5.92. The second kappa shape index (κ2) is 8.47. The lowest BCUT2D eigenvalue weighted by atomic mass is 9.60. The summed E-state index contributed by atoms with van der Waals surface area (Å²) in [4.78, 5) is 32.0. The van der Waals surface area contributed by atoms with Gasteiger partial charge in [0.05, 0.1) is 13.0 Å². The molecule has 1 fully saturated rings. The molecule has 5 rings (SSSR count). The number of hydrogen-bond donors (Lipinski definition) is 0. The van der Waals surface area contributed by atoms with Gasteiger partial charge in [-0.3, -0.25) is 14.6 Å². The van der Waals surface area contributed by atoms with Crippen molar-refractivity contribution in [2.45, 2.75) is 59.3 Å². The van der Waals surface area contributed by atoms with Gasteiger partial charge in [-0.1, -0.05) is 39.8 Å². The number of carbonyl (C=O) groups excluding carboxylic acids is 2. The first-order valence-electron chi connectivity index (χ1n) is 12.3. The molecule has 0 N–H and O–H groups in total. The van der Waals surface area contributed by atoms with E-state index in [0.29, 0.717) is 24.3 Å². The van der Waals surface area contributed by atoms with Crippen LogP contribution in [0.2, 0.25) is 0 Å². The Morgan fingerprint density at radius 3 is 2.20 bits per heavy atom. The minimum atomic E-state index is -0.386. The van der Waals surface area contributed by atoms with E-state index in [9.17, 15) is 9.59 Å². The molecule has 1 saturated carbocycles. The molecule has 5 heteroatoms. The van der Waals surface area contributed by atoms with E-state index in [0.717, 1.165) is 41.1 Å². The molecule has 0 amide bonds. The van der Waals surface area contributed by atoms with E-state index in [2.05, 4.69) is 27.7 Å². The molecule has 2 aliphatic carbocycles. The highest BCUT2D eigenvalue weighted by molar-refractivity contribution is 6.13. The number of carbonyl (C=O) groups is 2. The number of Topliss-reactive ketones (excluding diaryl/α,β-unsaturated/α-hetero) is 2. The van der Waals surface area contributed by atoms with Gasteiger partial charge in [0.2, 0.25) is 0 Å². The summed E-state index contributed by atoms with van der Waals surface area (Å²) < 4.78 is 11.4. The predicted octanol–water partition coefficient (Wildman–Crippen LogP) is 6.67. The van der Waals surface area contributed by atoms with Gasteiger partial charge in [-0.25, -0.2) is 0 Å². The van der Waals surface area contributed by atoms with Crippen molar-refractivity contribution in [2.75, 3.05) is 7.11 Å². The molecule has 182 valence electrons. The van der Waals surface area contributed by atoms with Crippen molar-refractivity contribution in [1.82, 2.24) is 0 Å². The Kier molecular flexibility index (Phi) is 5.70. The van der Waals surface area contributed by atoms with Gasteiger partial charge in [0.25, 0.3) is 0 Å². The minimum Gasteiger partial charge on any atom is -0.497 e. The van der Waals surface area contributed by atoms with Crippen molar-refractivity contribution >= 4 is 17.3 Å². The number of hydrogen-bond acceptors (Lipinski definition) is 5. The van der Waals surface area contributed by atoms with Crippen molar-refractivity contribution in [3.05, 3.63) is 65.4 Å². The maximum absolute atomic E-state index is 13.5. The number of nitrogens with zero attached hydrogens (tertiary/aromatic N) is 1.